The van der Waals surface area contributed by atoms with Crippen molar-refractivity contribution in [2.24, 2.45) is 0 Å². The van der Waals surface area contributed by atoms with Crippen LogP contribution >= 0.6 is 22.6 Å². The normalized spacial score (nSPS) is 13.9. The van der Waals surface area contributed by atoms with Crippen molar-refractivity contribution >= 4 is 28.9 Å². The van der Waals surface area contributed by atoms with Gasteiger partial charge in [-0.3, -0.25) is 0 Å². The van der Waals surface area contributed by atoms with E-state index in [1.54, 1.807) is 0 Å². The van der Waals surface area contributed by atoms with Crippen LogP contribution in [0, 0.1) is 3.57 Å². The maximum absolute atomic E-state index is 11.5. The summed E-state index contributed by atoms with van der Waals surface area (Å²) in [5, 5.41) is 0. The van der Waals surface area contributed by atoms with E-state index in [4.69, 9.17) is 0 Å². The molecule has 0 aliphatic carbocycles. The van der Waals surface area contributed by atoms with Crippen LogP contribution in [0.3, 0.4) is 0 Å². The third-order valence-electron chi connectivity index (χ3n) is 3.18. The predicted molar refractivity (Wildman–Crippen MR) is 82.7 cm³/mol. The molecule has 2 aromatic carbocycles. The van der Waals surface area contributed by atoms with Crippen LogP contribution in [0.2, 0.25) is 0 Å². The zero-order valence-corrected chi connectivity index (χ0v) is 12.4. The fraction of sp³-hybridized carbons (Fsp3) is 0.188. The standard InChI is InChI=1S/C16H15IO/c1-16(12-18,14-5-3-2-4-6-14)11-13-7-9-15(17)10-8-13/h2-10,12H,11H2,1H3/t16-/m0/s1. The van der Waals surface area contributed by atoms with Crippen molar-refractivity contribution in [2.45, 2.75) is 18.8 Å². The molecular formula is C16H15IO. The lowest BCUT2D eigenvalue weighted by atomic mass is 9.79. The molecule has 18 heavy (non-hydrogen) atoms. The molecule has 0 saturated carbocycles. The molecule has 0 fully saturated rings. The van der Waals surface area contributed by atoms with Gasteiger partial charge in [-0.05, 0) is 59.2 Å². The molecule has 0 aromatic heterocycles. The Kier molecular flexibility index (Phi) is 4.17. The smallest absolute Gasteiger partial charge is 0.130 e. The maximum atomic E-state index is 11.5. The van der Waals surface area contributed by atoms with Gasteiger partial charge in [0.25, 0.3) is 0 Å². The average Bonchev–Trinajstić information content (AvgIpc) is 2.42. The van der Waals surface area contributed by atoms with Gasteiger partial charge in [0.2, 0.25) is 0 Å². The number of carbonyl (C=O) groups excluding carboxylic acids is 1. The highest BCUT2D eigenvalue weighted by molar-refractivity contribution is 14.1. The van der Waals surface area contributed by atoms with Crippen LogP contribution in [-0.4, -0.2) is 6.29 Å². The molecule has 0 saturated heterocycles. The van der Waals surface area contributed by atoms with E-state index in [1.807, 2.05) is 37.3 Å². The second kappa shape index (κ2) is 5.65. The Morgan fingerprint density at radius 3 is 2.22 bits per heavy atom. The Hall–Kier alpha value is -1.16. The van der Waals surface area contributed by atoms with Crippen LogP contribution in [0.1, 0.15) is 18.1 Å². The second-order valence-electron chi connectivity index (χ2n) is 4.70. The van der Waals surface area contributed by atoms with E-state index in [9.17, 15) is 4.79 Å². The van der Waals surface area contributed by atoms with Crippen molar-refractivity contribution in [1.29, 1.82) is 0 Å². The molecule has 2 heteroatoms. The van der Waals surface area contributed by atoms with Gasteiger partial charge in [-0.1, -0.05) is 42.5 Å². The molecular weight excluding hydrogens is 335 g/mol. The van der Waals surface area contributed by atoms with Gasteiger partial charge in [0.05, 0.1) is 5.41 Å². The Morgan fingerprint density at radius 1 is 1.06 bits per heavy atom. The van der Waals surface area contributed by atoms with E-state index in [2.05, 4.69) is 46.9 Å². The fourth-order valence-electron chi connectivity index (χ4n) is 2.06. The molecule has 0 bridgehead atoms. The summed E-state index contributed by atoms with van der Waals surface area (Å²) < 4.78 is 1.21. The van der Waals surface area contributed by atoms with Gasteiger partial charge in [-0.25, -0.2) is 0 Å². The number of aldehydes is 1. The number of benzene rings is 2. The number of hydrogen-bond acceptors (Lipinski definition) is 1. The fourth-order valence-corrected chi connectivity index (χ4v) is 2.42. The number of rotatable bonds is 4. The summed E-state index contributed by atoms with van der Waals surface area (Å²) in [4.78, 5) is 11.5. The zero-order chi connectivity index (χ0) is 13.0. The highest BCUT2D eigenvalue weighted by atomic mass is 127. The molecule has 1 atom stereocenters. The van der Waals surface area contributed by atoms with Gasteiger partial charge in [-0.2, -0.15) is 0 Å². The summed E-state index contributed by atoms with van der Waals surface area (Å²) in [6, 6.07) is 18.3. The molecule has 2 rings (SSSR count). The van der Waals surface area contributed by atoms with Gasteiger partial charge in [-0.15, -0.1) is 0 Å². The first-order valence-corrected chi connectivity index (χ1v) is 6.98. The first-order valence-electron chi connectivity index (χ1n) is 5.90. The number of carbonyl (C=O) groups is 1. The van der Waals surface area contributed by atoms with Crippen LogP contribution < -0.4 is 0 Å². The second-order valence-corrected chi connectivity index (χ2v) is 5.95. The predicted octanol–water partition coefficient (Wildman–Crippen LogP) is 3.99. The molecule has 92 valence electrons. The lowest BCUT2D eigenvalue weighted by Gasteiger charge is -2.23. The monoisotopic (exact) mass is 350 g/mol. The van der Waals surface area contributed by atoms with E-state index < -0.39 is 5.41 Å². The summed E-state index contributed by atoms with van der Waals surface area (Å²) in [5.74, 6) is 0. The number of halogens is 1. The van der Waals surface area contributed by atoms with Crippen molar-refractivity contribution in [3.05, 3.63) is 69.3 Å². The lowest BCUT2D eigenvalue weighted by molar-refractivity contribution is -0.112. The summed E-state index contributed by atoms with van der Waals surface area (Å²) in [5.41, 5.74) is 1.81. The Labute approximate surface area is 121 Å². The summed E-state index contributed by atoms with van der Waals surface area (Å²) in [7, 11) is 0. The van der Waals surface area contributed by atoms with Crippen molar-refractivity contribution < 1.29 is 4.79 Å². The minimum atomic E-state index is -0.450. The Balaban J connectivity index is 2.29. The minimum absolute atomic E-state index is 0.450. The summed E-state index contributed by atoms with van der Waals surface area (Å²) in [6.07, 6.45) is 1.79. The van der Waals surface area contributed by atoms with Gasteiger partial charge in [0.15, 0.2) is 0 Å². The molecule has 0 radical (unpaired) electrons. The average molecular weight is 350 g/mol. The van der Waals surface area contributed by atoms with Crippen molar-refractivity contribution in [3.63, 3.8) is 0 Å². The van der Waals surface area contributed by atoms with Crippen LogP contribution in [0.4, 0.5) is 0 Å². The SMILES string of the molecule is C[C@@](C=O)(Cc1ccc(I)cc1)c1ccccc1. The first kappa shape index (κ1) is 13.3. The quantitative estimate of drug-likeness (QED) is 0.602. The van der Waals surface area contributed by atoms with Crippen LogP contribution in [0.25, 0.3) is 0 Å². The Morgan fingerprint density at radius 2 is 1.67 bits per heavy atom. The van der Waals surface area contributed by atoms with Crippen molar-refractivity contribution in [2.75, 3.05) is 0 Å². The minimum Gasteiger partial charge on any atom is -0.302 e. The molecule has 0 unspecified atom stereocenters. The van der Waals surface area contributed by atoms with E-state index in [1.165, 1.54) is 9.13 Å². The summed E-state index contributed by atoms with van der Waals surface area (Å²) >= 11 is 2.29. The zero-order valence-electron chi connectivity index (χ0n) is 10.3. The third kappa shape index (κ3) is 2.99. The van der Waals surface area contributed by atoms with Gasteiger partial charge >= 0.3 is 0 Å². The van der Waals surface area contributed by atoms with Crippen LogP contribution in [-0.2, 0) is 16.6 Å². The van der Waals surface area contributed by atoms with Crippen LogP contribution in [0.15, 0.2) is 54.6 Å². The van der Waals surface area contributed by atoms with Crippen molar-refractivity contribution in [3.8, 4) is 0 Å². The van der Waals surface area contributed by atoms with E-state index in [0.717, 1.165) is 18.3 Å². The van der Waals surface area contributed by atoms with Crippen molar-refractivity contribution in [1.82, 2.24) is 0 Å². The largest absolute Gasteiger partial charge is 0.302 e. The van der Waals surface area contributed by atoms with Gasteiger partial charge in [0, 0.05) is 3.57 Å². The van der Waals surface area contributed by atoms with E-state index >= 15 is 0 Å². The molecule has 2 aromatic rings. The molecule has 1 nitrogen and oxygen atoms in total. The van der Waals surface area contributed by atoms with Crippen LogP contribution in [0.5, 0.6) is 0 Å². The topological polar surface area (TPSA) is 17.1 Å². The third-order valence-corrected chi connectivity index (χ3v) is 3.90. The molecule has 0 amide bonds. The van der Waals surface area contributed by atoms with E-state index in [-0.39, 0.29) is 0 Å². The number of hydrogen-bond donors (Lipinski definition) is 0. The summed E-state index contributed by atoms with van der Waals surface area (Å²) in [6.45, 7) is 1.99. The molecule has 0 aliphatic heterocycles. The maximum Gasteiger partial charge on any atom is 0.130 e. The molecule has 0 heterocycles. The lowest BCUT2D eigenvalue weighted by Crippen LogP contribution is -2.26. The van der Waals surface area contributed by atoms with E-state index in [0.29, 0.717) is 0 Å². The van der Waals surface area contributed by atoms with Gasteiger partial charge in [0.1, 0.15) is 6.29 Å². The van der Waals surface area contributed by atoms with Gasteiger partial charge < -0.3 is 4.79 Å². The highest BCUT2D eigenvalue weighted by Gasteiger charge is 2.26. The first-order chi connectivity index (χ1) is 8.64. The Bertz CT molecular complexity index is 519. The molecule has 0 N–H and O–H groups in total. The molecule has 0 aliphatic rings. The molecule has 0 spiro atoms. The highest BCUT2D eigenvalue weighted by Crippen LogP contribution is 2.26.